The van der Waals surface area contributed by atoms with Crippen LogP contribution in [0.3, 0.4) is 0 Å². The maximum Gasteiger partial charge on any atom is 0.408 e. The Morgan fingerprint density at radius 2 is 1.49 bits per heavy atom. The molecule has 2 atom stereocenters. The van der Waals surface area contributed by atoms with Crippen LogP contribution in [0.2, 0.25) is 0 Å². The number of aliphatic hydroxyl groups is 1. The van der Waals surface area contributed by atoms with Gasteiger partial charge in [-0.2, -0.15) is 0 Å². The van der Waals surface area contributed by atoms with Crippen molar-refractivity contribution in [2.75, 3.05) is 13.2 Å². The molecule has 218 valence electrons. The highest BCUT2D eigenvalue weighted by atomic mass is 16.6. The van der Waals surface area contributed by atoms with E-state index in [1.165, 1.54) is 4.90 Å². The van der Waals surface area contributed by atoms with E-state index < -0.39 is 35.6 Å². The standard InChI is InChI=1S/C33H41N3O5/c1-23-16-17-27(20-24(23)2)29(30(38)34-22-26-14-10-7-11-15-26)36(18-19-37)31(39)28(21-25-12-8-6-9-13-25)35-32(40)41-33(3,4)5/h6-17,20,28-29,37H,18-19,21-22H2,1-5H3,(H,34,38)(H,35,40). The van der Waals surface area contributed by atoms with E-state index in [1.807, 2.05) is 92.7 Å². The van der Waals surface area contributed by atoms with Crippen LogP contribution in [0.15, 0.2) is 78.9 Å². The lowest BCUT2D eigenvalue weighted by Crippen LogP contribution is -2.54. The van der Waals surface area contributed by atoms with Gasteiger partial charge in [-0.25, -0.2) is 4.79 Å². The van der Waals surface area contributed by atoms with Crippen LogP contribution in [-0.2, 0) is 27.3 Å². The Bertz CT molecular complexity index is 1310. The molecule has 3 amide bonds. The van der Waals surface area contributed by atoms with Crippen LogP contribution in [0.4, 0.5) is 4.79 Å². The van der Waals surface area contributed by atoms with Crippen molar-refractivity contribution in [1.82, 2.24) is 15.5 Å². The predicted molar refractivity (Wildman–Crippen MR) is 159 cm³/mol. The van der Waals surface area contributed by atoms with Crippen molar-refractivity contribution in [2.24, 2.45) is 0 Å². The van der Waals surface area contributed by atoms with Crippen LogP contribution in [0, 0.1) is 13.8 Å². The Morgan fingerprint density at radius 3 is 2.05 bits per heavy atom. The first-order chi connectivity index (χ1) is 19.5. The highest BCUT2D eigenvalue weighted by molar-refractivity contribution is 5.92. The molecule has 3 rings (SSSR count). The number of aryl methyl sites for hydroxylation is 2. The molecule has 0 saturated heterocycles. The molecule has 0 radical (unpaired) electrons. The van der Waals surface area contributed by atoms with E-state index in [-0.39, 0.29) is 26.1 Å². The summed E-state index contributed by atoms with van der Waals surface area (Å²) >= 11 is 0. The summed E-state index contributed by atoms with van der Waals surface area (Å²) in [6, 6.07) is 22.3. The predicted octanol–water partition coefficient (Wildman–Crippen LogP) is 4.62. The fourth-order valence-corrected chi connectivity index (χ4v) is 4.46. The number of hydrogen-bond acceptors (Lipinski definition) is 5. The van der Waals surface area contributed by atoms with Gasteiger partial charge in [0.15, 0.2) is 0 Å². The van der Waals surface area contributed by atoms with Crippen LogP contribution in [-0.4, -0.2) is 52.7 Å². The lowest BCUT2D eigenvalue weighted by molar-refractivity contribution is -0.143. The Kier molecular flexibility index (Phi) is 11.1. The van der Waals surface area contributed by atoms with Gasteiger partial charge in [-0.05, 0) is 62.4 Å². The zero-order valence-electron chi connectivity index (χ0n) is 24.5. The monoisotopic (exact) mass is 559 g/mol. The number of benzene rings is 3. The molecule has 0 fully saturated rings. The van der Waals surface area contributed by atoms with Crippen molar-refractivity contribution in [3.63, 3.8) is 0 Å². The van der Waals surface area contributed by atoms with E-state index >= 15 is 0 Å². The van der Waals surface area contributed by atoms with Crippen molar-refractivity contribution in [3.8, 4) is 0 Å². The van der Waals surface area contributed by atoms with Gasteiger partial charge in [0.25, 0.3) is 0 Å². The van der Waals surface area contributed by atoms with Gasteiger partial charge in [0.05, 0.1) is 6.61 Å². The first-order valence-corrected chi connectivity index (χ1v) is 13.8. The summed E-state index contributed by atoms with van der Waals surface area (Å²) in [4.78, 5) is 42.2. The fourth-order valence-electron chi connectivity index (χ4n) is 4.46. The van der Waals surface area contributed by atoms with Gasteiger partial charge in [-0.1, -0.05) is 78.9 Å². The number of nitrogens with one attached hydrogen (secondary N) is 2. The molecule has 0 heterocycles. The normalized spacial score (nSPS) is 12.6. The number of carbonyl (C=O) groups is 3. The maximum absolute atomic E-state index is 14.2. The number of hydrogen-bond donors (Lipinski definition) is 3. The highest BCUT2D eigenvalue weighted by Gasteiger charge is 2.36. The SMILES string of the molecule is Cc1ccc(C(C(=O)NCc2ccccc2)N(CCO)C(=O)C(Cc2ccccc2)NC(=O)OC(C)(C)C)cc1C. The van der Waals surface area contributed by atoms with E-state index in [1.54, 1.807) is 20.8 Å². The molecule has 41 heavy (non-hydrogen) atoms. The number of rotatable bonds is 11. The van der Waals surface area contributed by atoms with E-state index in [4.69, 9.17) is 4.74 Å². The van der Waals surface area contributed by atoms with E-state index in [0.29, 0.717) is 5.56 Å². The molecule has 0 saturated carbocycles. The molecule has 3 aromatic carbocycles. The molecule has 3 N–H and O–H groups in total. The molecule has 3 aromatic rings. The molecule has 0 aliphatic heterocycles. The summed E-state index contributed by atoms with van der Waals surface area (Å²) in [6.45, 7) is 8.92. The number of amides is 3. The summed E-state index contributed by atoms with van der Waals surface area (Å²) in [5.41, 5.74) is 3.58. The van der Waals surface area contributed by atoms with Gasteiger partial charge in [0, 0.05) is 19.5 Å². The van der Waals surface area contributed by atoms with E-state index in [2.05, 4.69) is 10.6 Å². The third-order valence-corrected chi connectivity index (χ3v) is 6.61. The van der Waals surface area contributed by atoms with Crippen molar-refractivity contribution in [3.05, 3.63) is 107 Å². The van der Waals surface area contributed by atoms with Gasteiger partial charge in [-0.15, -0.1) is 0 Å². The minimum atomic E-state index is -1.05. The second-order valence-corrected chi connectivity index (χ2v) is 11.1. The number of aliphatic hydroxyl groups excluding tert-OH is 1. The Hall–Kier alpha value is -4.17. The van der Waals surface area contributed by atoms with Gasteiger partial charge < -0.3 is 25.4 Å². The van der Waals surface area contributed by atoms with Gasteiger partial charge in [0.1, 0.15) is 17.7 Å². The zero-order valence-corrected chi connectivity index (χ0v) is 24.5. The summed E-state index contributed by atoms with van der Waals surface area (Å²) < 4.78 is 5.46. The maximum atomic E-state index is 14.2. The first kappa shape index (κ1) is 31.4. The molecule has 8 nitrogen and oxygen atoms in total. The average Bonchev–Trinajstić information content (AvgIpc) is 2.93. The highest BCUT2D eigenvalue weighted by Crippen LogP contribution is 2.25. The molecule has 0 bridgehead atoms. The van der Waals surface area contributed by atoms with Crippen molar-refractivity contribution in [1.29, 1.82) is 0 Å². The lowest BCUT2D eigenvalue weighted by atomic mass is 9.97. The first-order valence-electron chi connectivity index (χ1n) is 13.8. The van der Waals surface area contributed by atoms with Gasteiger partial charge >= 0.3 is 6.09 Å². The summed E-state index contributed by atoms with van der Waals surface area (Å²) in [7, 11) is 0. The number of ether oxygens (including phenoxy) is 1. The van der Waals surface area contributed by atoms with Crippen LogP contribution in [0.1, 0.15) is 54.6 Å². The molecule has 0 aromatic heterocycles. The average molecular weight is 560 g/mol. The topological polar surface area (TPSA) is 108 Å². The van der Waals surface area contributed by atoms with Crippen molar-refractivity contribution < 1.29 is 24.2 Å². The van der Waals surface area contributed by atoms with Crippen LogP contribution in [0.25, 0.3) is 0 Å². The molecular weight excluding hydrogens is 518 g/mol. The molecule has 0 aliphatic rings. The van der Waals surface area contributed by atoms with Gasteiger partial charge in [0.2, 0.25) is 11.8 Å². The van der Waals surface area contributed by atoms with Crippen LogP contribution in [0.5, 0.6) is 0 Å². The Labute approximate surface area is 242 Å². The molecule has 0 aliphatic carbocycles. The summed E-state index contributed by atoms with van der Waals surface area (Å²) in [5.74, 6) is -0.901. The minimum Gasteiger partial charge on any atom is -0.444 e. The summed E-state index contributed by atoms with van der Waals surface area (Å²) in [5, 5.41) is 15.7. The minimum absolute atomic E-state index is 0.115. The van der Waals surface area contributed by atoms with Crippen molar-refractivity contribution >= 4 is 17.9 Å². The van der Waals surface area contributed by atoms with E-state index in [9.17, 15) is 19.5 Å². The van der Waals surface area contributed by atoms with Crippen molar-refractivity contribution in [2.45, 2.75) is 65.3 Å². The van der Waals surface area contributed by atoms with Gasteiger partial charge in [-0.3, -0.25) is 9.59 Å². The molecule has 8 heteroatoms. The summed E-state index contributed by atoms with van der Waals surface area (Å²) in [6.07, 6.45) is -0.571. The third kappa shape index (κ3) is 9.46. The second-order valence-electron chi connectivity index (χ2n) is 11.1. The van der Waals surface area contributed by atoms with Crippen LogP contribution >= 0.6 is 0 Å². The number of alkyl carbamates (subject to hydrolysis) is 1. The third-order valence-electron chi connectivity index (χ3n) is 6.61. The zero-order chi connectivity index (χ0) is 30.0. The Morgan fingerprint density at radius 1 is 0.878 bits per heavy atom. The fraction of sp³-hybridized carbons (Fsp3) is 0.364. The van der Waals surface area contributed by atoms with Crippen LogP contribution < -0.4 is 10.6 Å². The Balaban J connectivity index is 2.00. The molecule has 0 spiro atoms. The molecular formula is C33H41N3O5. The quantitative estimate of drug-likeness (QED) is 0.318. The lowest BCUT2D eigenvalue weighted by Gasteiger charge is -2.34. The second kappa shape index (κ2) is 14.5. The number of carbonyl (C=O) groups excluding carboxylic acids is 3. The smallest absolute Gasteiger partial charge is 0.408 e. The molecule has 2 unspecified atom stereocenters. The number of nitrogens with zero attached hydrogens (tertiary/aromatic N) is 1. The largest absolute Gasteiger partial charge is 0.444 e. The van der Waals surface area contributed by atoms with E-state index in [0.717, 1.165) is 22.3 Å².